The molecule has 0 bridgehead atoms. The summed E-state index contributed by atoms with van der Waals surface area (Å²) in [6.45, 7) is 5.28. The molecule has 2 heterocycles. The maximum Gasteiger partial charge on any atom is 0.435 e. The van der Waals surface area contributed by atoms with Gasteiger partial charge in [-0.2, -0.15) is 18.3 Å². The molecule has 2 N–H and O–H groups in total. The molecule has 0 spiro atoms. The third-order valence-electron chi connectivity index (χ3n) is 2.70. The van der Waals surface area contributed by atoms with Crippen LogP contribution in [0.4, 0.5) is 13.2 Å². The second-order valence-corrected chi connectivity index (χ2v) is 5.58. The van der Waals surface area contributed by atoms with E-state index in [0.717, 1.165) is 6.07 Å². The highest BCUT2D eigenvalue weighted by molar-refractivity contribution is 5.58. The van der Waals surface area contributed by atoms with Crippen molar-refractivity contribution in [2.75, 3.05) is 0 Å². The summed E-state index contributed by atoms with van der Waals surface area (Å²) in [6.07, 6.45) is -1.57. The highest BCUT2D eigenvalue weighted by Gasteiger charge is 2.35. The van der Waals surface area contributed by atoms with Crippen molar-refractivity contribution in [2.45, 2.75) is 39.0 Å². The minimum Gasteiger partial charge on any atom is -0.324 e. The van der Waals surface area contributed by atoms with Crippen molar-refractivity contribution in [3.05, 3.63) is 30.0 Å². The maximum absolute atomic E-state index is 12.9. The number of aromatic nitrogens is 4. The van der Waals surface area contributed by atoms with E-state index in [1.807, 2.05) is 0 Å². The number of aryl methyl sites for hydroxylation is 1. The Bertz CT molecular complexity index is 623. The first kappa shape index (κ1) is 15.4. The second kappa shape index (κ2) is 5.10. The fourth-order valence-electron chi connectivity index (χ4n) is 1.82. The van der Waals surface area contributed by atoms with Crippen LogP contribution in [0.3, 0.4) is 0 Å². The Hall–Kier alpha value is -1.96. The zero-order valence-electron chi connectivity index (χ0n) is 11.9. The Morgan fingerprint density at radius 2 is 1.76 bits per heavy atom. The average Bonchev–Trinajstić information content (AvgIpc) is 2.71. The summed E-state index contributed by atoms with van der Waals surface area (Å²) >= 11 is 0. The van der Waals surface area contributed by atoms with Crippen molar-refractivity contribution in [3.63, 3.8) is 0 Å². The molecule has 0 fully saturated rings. The van der Waals surface area contributed by atoms with Crippen molar-refractivity contribution in [3.8, 4) is 11.3 Å². The number of rotatable bonds is 3. The number of nitrogens with two attached hydrogens (primary N) is 1. The lowest BCUT2D eigenvalue weighted by molar-refractivity contribution is -0.141. The standard InChI is InChI=1S/C13H16F3N5/c1-8-18-5-9(6-19-8)10-4-11(13(14,15)16)20-21(10)7-12(2,3)17/h4-6H,7,17H2,1-3H3. The van der Waals surface area contributed by atoms with Crippen molar-refractivity contribution in [1.29, 1.82) is 0 Å². The molecule has 0 aromatic carbocycles. The van der Waals surface area contributed by atoms with Gasteiger partial charge in [-0.1, -0.05) is 0 Å². The van der Waals surface area contributed by atoms with Gasteiger partial charge >= 0.3 is 6.18 Å². The summed E-state index contributed by atoms with van der Waals surface area (Å²) in [7, 11) is 0. The van der Waals surface area contributed by atoms with Crippen LogP contribution in [-0.4, -0.2) is 25.3 Å². The Balaban J connectivity index is 2.51. The van der Waals surface area contributed by atoms with E-state index in [4.69, 9.17) is 5.73 Å². The first-order valence-electron chi connectivity index (χ1n) is 6.29. The smallest absolute Gasteiger partial charge is 0.324 e. The Labute approximate surface area is 120 Å². The molecule has 0 aliphatic heterocycles. The Kier molecular flexibility index (Phi) is 3.75. The molecule has 2 rings (SSSR count). The van der Waals surface area contributed by atoms with Crippen LogP contribution < -0.4 is 5.73 Å². The number of hydrogen-bond acceptors (Lipinski definition) is 4. The fourth-order valence-corrected chi connectivity index (χ4v) is 1.82. The lowest BCUT2D eigenvalue weighted by atomic mass is 10.1. The largest absolute Gasteiger partial charge is 0.435 e. The highest BCUT2D eigenvalue weighted by Crippen LogP contribution is 2.31. The van der Waals surface area contributed by atoms with Gasteiger partial charge in [-0.3, -0.25) is 4.68 Å². The van der Waals surface area contributed by atoms with E-state index in [1.165, 1.54) is 17.1 Å². The molecule has 0 saturated carbocycles. The molecule has 21 heavy (non-hydrogen) atoms. The van der Waals surface area contributed by atoms with Crippen LogP contribution in [-0.2, 0) is 12.7 Å². The third-order valence-corrected chi connectivity index (χ3v) is 2.70. The van der Waals surface area contributed by atoms with Crippen LogP contribution >= 0.6 is 0 Å². The van der Waals surface area contributed by atoms with Gasteiger partial charge in [0.2, 0.25) is 0 Å². The maximum atomic E-state index is 12.9. The van der Waals surface area contributed by atoms with Crippen LogP contribution in [0, 0.1) is 6.92 Å². The summed E-state index contributed by atoms with van der Waals surface area (Å²) in [5.41, 5.74) is 4.99. The van der Waals surface area contributed by atoms with Crippen LogP contribution in [0.15, 0.2) is 18.5 Å². The van der Waals surface area contributed by atoms with Crippen LogP contribution in [0.1, 0.15) is 25.4 Å². The van der Waals surface area contributed by atoms with E-state index < -0.39 is 17.4 Å². The molecule has 8 heteroatoms. The van der Waals surface area contributed by atoms with Crippen molar-refractivity contribution < 1.29 is 13.2 Å². The zero-order valence-corrected chi connectivity index (χ0v) is 11.9. The molecule has 5 nitrogen and oxygen atoms in total. The van der Waals surface area contributed by atoms with Gasteiger partial charge < -0.3 is 5.73 Å². The molecule has 2 aromatic rings. The molecular weight excluding hydrogens is 283 g/mol. The molecule has 0 radical (unpaired) electrons. The van der Waals surface area contributed by atoms with Crippen LogP contribution in [0.25, 0.3) is 11.3 Å². The normalized spacial score (nSPS) is 12.7. The van der Waals surface area contributed by atoms with Crippen molar-refractivity contribution >= 4 is 0 Å². The van der Waals surface area contributed by atoms with E-state index in [2.05, 4.69) is 15.1 Å². The van der Waals surface area contributed by atoms with Gasteiger partial charge in [0.15, 0.2) is 5.69 Å². The van der Waals surface area contributed by atoms with Gasteiger partial charge in [0, 0.05) is 23.5 Å². The van der Waals surface area contributed by atoms with E-state index in [0.29, 0.717) is 17.1 Å². The summed E-state index contributed by atoms with van der Waals surface area (Å²) in [5.74, 6) is 0.542. The predicted octanol–water partition coefficient (Wildman–Crippen LogP) is 2.40. The molecule has 0 amide bonds. The van der Waals surface area contributed by atoms with Gasteiger partial charge in [0.05, 0.1) is 12.2 Å². The van der Waals surface area contributed by atoms with Crippen LogP contribution in [0.5, 0.6) is 0 Å². The molecular formula is C13H16F3N5. The number of alkyl halides is 3. The monoisotopic (exact) mass is 299 g/mol. The van der Waals surface area contributed by atoms with Crippen LogP contribution in [0.2, 0.25) is 0 Å². The first-order valence-corrected chi connectivity index (χ1v) is 6.29. The van der Waals surface area contributed by atoms with Crippen molar-refractivity contribution in [1.82, 2.24) is 19.7 Å². The summed E-state index contributed by atoms with van der Waals surface area (Å²) in [5, 5.41) is 3.62. The summed E-state index contributed by atoms with van der Waals surface area (Å²) in [4.78, 5) is 8.00. The third kappa shape index (κ3) is 3.78. The minimum atomic E-state index is -4.51. The van der Waals surface area contributed by atoms with Gasteiger partial charge in [-0.15, -0.1) is 0 Å². The molecule has 0 saturated heterocycles. The van der Waals surface area contributed by atoms with E-state index in [-0.39, 0.29) is 6.54 Å². The number of halogens is 3. The number of hydrogen-bond donors (Lipinski definition) is 1. The van der Waals surface area contributed by atoms with E-state index >= 15 is 0 Å². The quantitative estimate of drug-likeness (QED) is 0.945. The average molecular weight is 299 g/mol. The van der Waals surface area contributed by atoms with Crippen molar-refractivity contribution in [2.24, 2.45) is 5.73 Å². The van der Waals surface area contributed by atoms with Gasteiger partial charge in [-0.05, 0) is 26.8 Å². The first-order chi connectivity index (χ1) is 9.56. The highest BCUT2D eigenvalue weighted by atomic mass is 19.4. The fraction of sp³-hybridized carbons (Fsp3) is 0.462. The summed E-state index contributed by atoms with van der Waals surface area (Å²) in [6, 6.07) is 0.986. The topological polar surface area (TPSA) is 69.6 Å². The molecule has 0 atom stereocenters. The second-order valence-electron chi connectivity index (χ2n) is 5.58. The Morgan fingerprint density at radius 3 is 2.24 bits per heavy atom. The van der Waals surface area contributed by atoms with E-state index in [1.54, 1.807) is 20.8 Å². The molecule has 0 aliphatic rings. The molecule has 2 aromatic heterocycles. The zero-order chi connectivity index (χ0) is 15.8. The Morgan fingerprint density at radius 1 is 1.19 bits per heavy atom. The predicted molar refractivity (Wildman–Crippen MR) is 71.3 cm³/mol. The minimum absolute atomic E-state index is 0.145. The molecule has 0 aliphatic carbocycles. The molecule has 114 valence electrons. The van der Waals surface area contributed by atoms with Gasteiger partial charge in [0.25, 0.3) is 0 Å². The van der Waals surface area contributed by atoms with Gasteiger partial charge in [0.1, 0.15) is 5.82 Å². The number of nitrogens with zero attached hydrogens (tertiary/aromatic N) is 4. The van der Waals surface area contributed by atoms with E-state index in [9.17, 15) is 13.2 Å². The lowest BCUT2D eigenvalue weighted by Gasteiger charge is -2.20. The van der Waals surface area contributed by atoms with Gasteiger partial charge in [-0.25, -0.2) is 9.97 Å². The molecule has 0 unspecified atom stereocenters. The summed E-state index contributed by atoms with van der Waals surface area (Å²) < 4.78 is 39.8. The lowest BCUT2D eigenvalue weighted by Crippen LogP contribution is -2.37. The SMILES string of the molecule is Cc1ncc(-c2cc(C(F)(F)F)nn2CC(C)(C)N)cn1.